The molecule has 1 saturated heterocycles. The van der Waals surface area contributed by atoms with Crippen molar-refractivity contribution in [2.24, 2.45) is 0 Å². The first-order valence-corrected chi connectivity index (χ1v) is 8.40. The monoisotopic (exact) mass is 332 g/mol. The van der Waals surface area contributed by atoms with Crippen LogP contribution in [0.2, 0.25) is 0 Å². The Kier molecular flexibility index (Phi) is 5.16. The molecule has 0 atom stereocenters. The average molecular weight is 332 g/mol. The fraction of sp³-hybridized carbons (Fsp3) is 0.556. The fourth-order valence-corrected chi connectivity index (χ4v) is 3.38. The van der Waals surface area contributed by atoms with E-state index in [-0.39, 0.29) is 24.8 Å². The first-order valence-electron chi connectivity index (χ1n) is 8.40. The van der Waals surface area contributed by atoms with Crippen molar-refractivity contribution in [1.29, 1.82) is 0 Å². The van der Waals surface area contributed by atoms with Gasteiger partial charge in [0.2, 0.25) is 6.79 Å². The van der Waals surface area contributed by atoms with Gasteiger partial charge in [-0.15, -0.1) is 0 Å². The lowest BCUT2D eigenvalue weighted by atomic mass is 9.98. The summed E-state index contributed by atoms with van der Waals surface area (Å²) in [5.74, 6) is 1.22. The van der Waals surface area contributed by atoms with Gasteiger partial charge in [0, 0.05) is 18.0 Å². The van der Waals surface area contributed by atoms with Gasteiger partial charge < -0.3 is 14.8 Å². The van der Waals surface area contributed by atoms with Crippen LogP contribution in [0.3, 0.4) is 0 Å². The maximum Gasteiger partial charge on any atom is 0.231 e. The number of nitrogens with one attached hydrogen (secondary N) is 1. The van der Waals surface area contributed by atoms with Crippen molar-refractivity contribution in [1.82, 2.24) is 10.2 Å². The van der Waals surface area contributed by atoms with Gasteiger partial charge in [0.15, 0.2) is 23.1 Å². The number of hydrogen-bond donors (Lipinski definition) is 1. The van der Waals surface area contributed by atoms with E-state index in [4.69, 9.17) is 9.47 Å². The normalized spacial score (nSPS) is 17.3. The van der Waals surface area contributed by atoms with Crippen molar-refractivity contribution in [3.63, 3.8) is 0 Å². The molecule has 0 unspecified atom stereocenters. The number of ether oxygens (including phenoxy) is 2. The fourth-order valence-electron chi connectivity index (χ4n) is 3.38. The maximum atomic E-state index is 12.5. The molecule has 2 heterocycles. The number of carbonyl (C=O) groups excluding carboxylic acids is 2. The first kappa shape index (κ1) is 16.9. The second-order valence-corrected chi connectivity index (χ2v) is 6.53. The van der Waals surface area contributed by atoms with Crippen molar-refractivity contribution in [3.8, 4) is 11.5 Å². The van der Waals surface area contributed by atoms with E-state index < -0.39 is 0 Å². The summed E-state index contributed by atoms with van der Waals surface area (Å²) >= 11 is 0. The maximum absolute atomic E-state index is 12.5. The molecule has 1 N–H and O–H groups in total. The number of benzene rings is 1. The van der Waals surface area contributed by atoms with Crippen LogP contribution in [0.25, 0.3) is 0 Å². The van der Waals surface area contributed by atoms with E-state index in [1.807, 2.05) is 7.05 Å². The van der Waals surface area contributed by atoms with Crippen LogP contribution in [0.15, 0.2) is 12.1 Å². The number of ketones is 2. The molecule has 3 rings (SSSR count). The van der Waals surface area contributed by atoms with E-state index in [2.05, 4.69) is 10.2 Å². The predicted molar refractivity (Wildman–Crippen MR) is 89.8 cm³/mol. The van der Waals surface area contributed by atoms with Crippen molar-refractivity contribution >= 4 is 11.6 Å². The molecular formula is C18H24N2O4. The van der Waals surface area contributed by atoms with Gasteiger partial charge >= 0.3 is 0 Å². The molecule has 6 heteroatoms. The Labute approximate surface area is 142 Å². The van der Waals surface area contributed by atoms with Crippen LogP contribution in [0, 0.1) is 0 Å². The number of hydrogen-bond acceptors (Lipinski definition) is 6. The molecule has 1 aromatic carbocycles. The Hall–Kier alpha value is -1.92. The number of nitrogens with zero attached hydrogens (tertiary/aromatic N) is 1. The van der Waals surface area contributed by atoms with Crippen LogP contribution in [-0.2, 0) is 11.2 Å². The summed E-state index contributed by atoms with van der Waals surface area (Å²) in [5.41, 5.74) is 1.26. The minimum absolute atomic E-state index is 0.0668. The van der Waals surface area contributed by atoms with E-state index in [9.17, 15) is 9.59 Å². The van der Waals surface area contributed by atoms with Crippen LogP contribution in [0.4, 0.5) is 0 Å². The highest BCUT2D eigenvalue weighted by molar-refractivity contribution is 5.98. The number of fused-ring (bicyclic) bond motifs is 1. The Morgan fingerprint density at radius 1 is 1.21 bits per heavy atom. The highest BCUT2D eigenvalue weighted by Gasteiger charge is 2.23. The molecule has 1 fully saturated rings. The van der Waals surface area contributed by atoms with Gasteiger partial charge in [0.05, 0.1) is 6.54 Å². The Balaban J connectivity index is 1.68. The van der Waals surface area contributed by atoms with Gasteiger partial charge in [0.25, 0.3) is 0 Å². The van der Waals surface area contributed by atoms with Crippen molar-refractivity contribution in [2.75, 3.05) is 33.5 Å². The number of rotatable bonds is 6. The standard InChI is InChI=1S/C18H24N2O4/c1-12(21)16-9-18-17(23-11-24-18)8-13(16)7-15(22)10-20(2)14-3-5-19-6-4-14/h8-9,14,19H,3-7,10-11H2,1-2H3. The van der Waals surface area contributed by atoms with Crippen molar-refractivity contribution in [2.45, 2.75) is 32.2 Å². The van der Waals surface area contributed by atoms with E-state index in [1.54, 1.807) is 12.1 Å². The molecule has 0 bridgehead atoms. The topological polar surface area (TPSA) is 67.9 Å². The molecule has 0 saturated carbocycles. The van der Waals surface area contributed by atoms with Gasteiger partial charge in [-0.1, -0.05) is 0 Å². The molecule has 6 nitrogen and oxygen atoms in total. The van der Waals surface area contributed by atoms with Crippen molar-refractivity contribution in [3.05, 3.63) is 23.3 Å². The summed E-state index contributed by atoms with van der Waals surface area (Å²) in [6.45, 7) is 4.06. The van der Waals surface area contributed by atoms with Gasteiger partial charge in [0.1, 0.15) is 0 Å². The minimum Gasteiger partial charge on any atom is -0.454 e. The zero-order chi connectivity index (χ0) is 17.1. The molecular weight excluding hydrogens is 308 g/mol. The van der Waals surface area contributed by atoms with Gasteiger partial charge in [-0.25, -0.2) is 0 Å². The molecule has 2 aliphatic rings. The second-order valence-electron chi connectivity index (χ2n) is 6.53. The SMILES string of the molecule is CC(=O)c1cc2c(cc1CC(=O)CN(C)C1CCNCC1)OCO2. The molecule has 24 heavy (non-hydrogen) atoms. The summed E-state index contributed by atoms with van der Waals surface area (Å²) in [5, 5.41) is 3.33. The molecule has 1 aromatic rings. The lowest BCUT2D eigenvalue weighted by molar-refractivity contribution is -0.119. The number of carbonyl (C=O) groups is 2. The molecule has 0 radical (unpaired) electrons. The summed E-state index contributed by atoms with van der Waals surface area (Å²) in [4.78, 5) is 26.5. The van der Waals surface area contributed by atoms with Crippen LogP contribution >= 0.6 is 0 Å². The predicted octanol–water partition coefficient (Wildman–Crippen LogP) is 1.41. The number of Topliss-reactive ketones (excluding diaryl/α,β-unsaturated/α-hetero) is 2. The minimum atomic E-state index is -0.0668. The molecule has 0 amide bonds. The van der Waals surface area contributed by atoms with E-state index >= 15 is 0 Å². The van der Waals surface area contributed by atoms with Crippen LogP contribution < -0.4 is 14.8 Å². The summed E-state index contributed by atoms with van der Waals surface area (Å²) in [6.07, 6.45) is 2.36. The first-order chi connectivity index (χ1) is 11.5. The van der Waals surface area contributed by atoms with E-state index in [0.29, 0.717) is 29.6 Å². The van der Waals surface area contributed by atoms with Gasteiger partial charge in [-0.3, -0.25) is 14.5 Å². The lowest BCUT2D eigenvalue weighted by Crippen LogP contribution is -2.43. The second kappa shape index (κ2) is 7.32. The molecule has 0 aliphatic carbocycles. The third-order valence-corrected chi connectivity index (χ3v) is 4.72. The summed E-state index contributed by atoms with van der Waals surface area (Å²) < 4.78 is 10.7. The zero-order valence-electron chi connectivity index (χ0n) is 14.3. The number of likely N-dealkylation sites (N-methyl/N-ethyl adjacent to an activating group) is 1. The quantitative estimate of drug-likeness (QED) is 0.795. The number of piperidine rings is 1. The average Bonchev–Trinajstić information content (AvgIpc) is 3.02. The van der Waals surface area contributed by atoms with Crippen molar-refractivity contribution < 1.29 is 19.1 Å². The van der Waals surface area contributed by atoms with E-state index in [1.165, 1.54) is 6.92 Å². The Morgan fingerprint density at radius 3 is 2.54 bits per heavy atom. The Morgan fingerprint density at radius 2 is 1.88 bits per heavy atom. The molecule has 0 spiro atoms. The highest BCUT2D eigenvalue weighted by atomic mass is 16.7. The van der Waals surface area contributed by atoms with E-state index in [0.717, 1.165) is 31.5 Å². The molecule has 2 aliphatic heterocycles. The Bertz CT molecular complexity index is 638. The molecule has 0 aromatic heterocycles. The van der Waals surface area contributed by atoms with Crippen LogP contribution in [-0.4, -0.2) is 56.0 Å². The van der Waals surface area contributed by atoms with Crippen LogP contribution in [0.5, 0.6) is 11.5 Å². The third-order valence-electron chi connectivity index (χ3n) is 4.72. The smallest absolute Gasteiger partial charge is 0.231 e. The highest BCUT2D eigenvalue weighted by Crippen LogP contribution is 2.35. The lowest BCUT2D eigenvalue weighted by Gasteiger charge is -2.31. The van der Waals surface area contributed by atoms with Gasteiger partial charge in [-0.2, -0.15) is 0 Å². The molecule has 130 valence electrons. The third kappa shape index (κ3) is 3.76. The largest absolute Gasteiger partial charge is 0.454 e. The summed E-state index contributed by atoms with van der Waals surface area (Å²) in [7, 11) is 2.00. The summed E-state index contributed by atoms with van der Waals surface area (Å²) in [6, 6.07) is 3.89. The van der Waals surface area contributed by atoms with Gasteiger partial charge in [-0.05, 0) is 57.6 Å². The van der Waals surface area contributed by atoms with Crippen LogP contribution in [0.1, 0.15) is 35.7 Å². The zero-order valence-corrected chi connectivity index (χ0v) is 14.3.